The van der Waals surface area contributed by atoms with Crippen LogP contribution in [0.1, 0.15) is 39.0 Å². The average Bonchev–Trinajstić information content (AvgIpc) is 2.06. The maximum absolute atomic E-state index is 5.90. The topological polar surface area (TPSA) is 12.9 Å². The zero-order chi connectivity index (χ0) is 10.5. The molecule has 70 valence electrons. The molecule has 0 aliphatic rings. The quantitative estimate of drug-likeness (QED) is 0.598. The van der Waals surface area contributed by atoms with Crippen LogP contribution in [0.4, 0.5) is 0 Å². The van der Waals surface area contributed by atoms with Gasteiger partial charge in [0.1, 0.15) is 0 Å². The normalized spacial score (nSPS) is 10.2. The van der Waals surface area contributed by atoms with Crippen molar-refractivity contribution in [3.8, 4) is 0 Å². The molecule has 1 rings (SSSR count). The largest absolute Gasteiger partial charge is 0.262 e. The minimum atomic E-state index is -0.256. The standard InChI is InChI=1S/C9H12BN.C2H6/c1-7-6-8(4-5-11-7)9(2,3)10;1-2/h4-6H,1-3H3;1-2H3. The van der Waals surface area contributed by atoms with Gasteiger partial charge in [0.05, 0.1) is 7.85 Å². The lowest BCUT2D eigenvalue weighted by Crippen LogP contribution is -2.16. The summed E-state index contributed by atoms with van der Waals surface area (Å²) in [5, 5.41) is -0.256. The van der Waals surface area contributed by atoms with Gasteiger partial charge in [-0.15, -0.1) is 0 Å². The SMILES string of the molecule is CC.[B]C(C)(C)c1ccnc(C)c1. The molecule has 0 spiro atoms. The Morgan fingerprint density at radius 3 is 2.15 bits per heavy atom. The van der Waals surface area contributed by atoms with E-state index in [4.69, 9.17) is 7.85 Å². The van der Waals surface area contributed by atoms with Crippen LogP contribution in [-0.2, 0) is 5.31 Å². The number of aromatic nitrogens is 1. The molecule has 0 fully saturated rings. The predicted molar refractivity (Wildman–Crippen MR) is 59.1 cm³/mol. The first-order chi connectivity index (χ1) is 6.00. The molecule has 2 heteroatoms. The van der Waals surface area contributed by atoms with Crippen LogP contribution in [0.3, 0.4) is 0 Å². The van der Waals surface area contributed by atoms with Gasteiger partial charge in [0.25, 0.3) is 0 Å². The summed E-state index contributed by atoms with van der Waals surface area (Å²) in [6.45, 7) is 9.94. The third kappa shape index (κ3) is 4.11. The number of rotatable bonds is 1. The van der Waals surface area contributed by atoms with Crippen molar-refractivity contribution in [1.29, 1.82) is 0 Å². The molecule has 0 aliphatic carbocycles. The summed E-state index contributed by atoms with van der Waals surface area (Å²) in [7, 11) is 5.90. The van der Waals surface area contributed by atoms with E-state index in [2.05, 4.69) is 4.98 Å². The van der Waals surface area contributed by atoms with Crippen LogP contribution in [-0.4, -0.2) is 12.8 Å². The fourth-order valence-corrected chi connectivity index (χ4v) is 0.946. The molecule has 13 heavy (non-hydrogen) atoms. The second kappa shape index (κ2) is 5.06. The van der Waals surface area contributed by atoms with E-state index in [9.17, 15) is 0 Å². The Morgan fingerprint density at radius 2 is 1.85 bits per heavy atom. The molecule has 0 aliphatic heterocycles. The van der Waals surface area contributed by atoms with Crippen molar-refractivity contribution in [3.05, 3.63) is 29.6 Å². The Bertz CT molecular complexity index is 251. The molecule has 1 nitrogen and oxygen atoms in total. The first-order valence-electron chi connectivity index (χ1n) is 4.72. The van der Waals surface area contributed by atoms with Crippen molar-refractivity contribution >= 4 is 7.85 Å². The summed E-state index contributed by atoms with van der Waals surface area (Å²) in [5.74, 6) is 0. The van der Waals surface area contributed by atoms with Gasteiger partial charge in [-0.3, -0.25) is 4.98 Å². The summed E-state index contributed by atoms with van der Waals surface area (Å²) >= 11 is 0. The van der Waals surface area contributed by atoms with Crippen LogP contribution in [0.25, 0.3) is 0 Å². The van der Waals surface area contributed by atoms with Crippen molar-refractivity contribution in [2.24, 2.45) is 0 Å². The maximum atomic E-state index is 5.90. The van der Waals surface area contributed by atoms with Gasteiger partial charge in [0.15, 0.2) is 0 Å². The van der Waals surface area contributed by atoms with Gasteiger partial charge in [-0.25, -0.2) is 0 Å². The lowest BCUT2D eigenvalue weighted by atomic mass is 9.68. The Hall–Kier alpha value is -0.785. The Kier molecular flexibility index (Phi) is 4.75. The average molecular weight is 175 g/mol. The van der Waals surface area contributed by atoms with E-state index in [0.29, 0.717) is 0 Å². The van der Waals surface area contributed by atoms with Gasteiger partial charge in [-0.05, 0) is 29.9 Å². The van der Waals surface area contributed by atoms with Crippen molar-refractivity contribution in [3.63, 3.8) is 0 Å². The highest BCUT2D eigenvalue weighted by atomic mass is 14.6. The molecule has 0 amide bonds. The second-order valence-corrected chi connectivity index (χ2v) is 3.41. The van der Waals surface area contributed by atoms with Crippen LogP contribution in [0.2, 0.25) is 0 Å². The smallest absolute Gasteiger partial charge is 0.0802 e. The van der Waals surface area contributed by atoms with Gasteiger partial charge in [0.2, 0.25) is 0 Å². The molecule has 0 N–H and O–H groups in total. The summed E-state index contributed by atoms with van der Waals surface area (Å²) < 4.78 is 0. The summed E-state index contributed by atoms with van der Waals surface area (Å²) in [6.07, 6.45) is 1.79. The molecule has 0 unspecified atom stereocenters. The van der Waals surface area contributed by atoms with Crippen molar-refractivity contribution < 1.29 is 0 Å². The van der Waals surface area contributed by atoms with Gasteiger partial charge in [-0.2, -0.15) is 0 Å². The molecule has 0 saturated carbocycles. The number of nitrogens with zero attached hydrogens (tertiary/aromatic N) is 1. The van der Waals surface area contributed by atoms with Crippen LogP contribution in [0.15, 0.2) is 18.3 Å². The van der Waals surface area contributed by atoms with E-state index in [-0.39, 0.29) is 5.31 Å². The Balaban J connectivity index is 0.000000671. The maximum Gasteiger partial charge on any atom is 0.0802 e. The third-order valence-corrected chi connectivity index (χ3v) is 1.64. The molecular weight excluding hydrogens is 157 g/mol. The Labute approximate surface area is 83.0 Å². The van der Waals surface area contributed by atoms with E-state index >= 15 is 0 Å². The monoisotopic (exact) mass is 175 g/mol. The van der Waals surface area contributed by atoms with Gasteiger partial charge >= 0.3 is 0 Å². The number of hydrogen-bond acceptors (Lipinski definition) is 1. The fourth-order valence-electron chi connectivity index (χ4n) is 0.946. The van der Waals surface area contributed by atoms with Crippen LogP contribution in [0.5, 0.6) is 0 Å². The third-order valence-electron chi connectivity index (χ3n) is 1.64. The first kappa shape index (κ1) is 12.2. The minimum absolute atomic E-state index is 0.256. The Morgan fingerprint density at radius 1 is 1.31 bits per heavy atom. The molecule has 1 heterocycles. The van der Waals surface area contributed by atoms with E-state index < -0.39 is 0 Å². The molecular formula is C11H18BN. The highest BCUT2D eigenvalue weighted by molar-refractivity contribution is 6.15. The lowest BCUT2D eigenvalue weighted by molar-refractivity contribution is 0.760. The van der Waals surface area contributed by atoms with E-state index in [1.807, 2.05) is 46.8 Å². The van der Waals surface area contributed by atoms with Gasteiger partial charge in [-0.1, -0.05) is 27.7 Å². The van der Waals surface area contributed by atoms with Crippen molar-refractivity contribution in [2.75, 3.05) is 0 Å². The number of aryl methyl sites for hydroxylation is 1. The summed E-state index contributed by atoms with van der Waals surface area (Å²) in [4.78, 5) is 4.10. The van der Waals surface area contributed by atoms with Crippen LogP contribution < -0.4 is 0 Å². The lowest BCUT2D eigenvalue weighted by Gasteiger charge is -2.19. The molecule has 0 atom stereocenters. The highest BCUT2D eigenvalue weighted by Crippen LogP contribution is 2.18. The highest BCUT2D eigenvalue weighted by Gasteiger charge is 2.12. The summed E-state index contributed by atoms with van der Waals surface area (Å²) in [6, 6.07) is 3.97. The number of hydrogen-bond donors (Lipinski definition) is 0. The zero-order valence-electron chi connectivity index (χ0n) is 9.26. The molecule has 1 aromatic rings. The second-order valence-electron chi connectivity index (χ2n) is 3.41. The predicted octanol–water partition coefficient (Wildman–Crippen LogP) is 2.82. The van der Waals surface area contributed by atoms with E-state index in [1.54, 1.807) is 6.20 Å². The first-order valence-corrected chi connectivity index (χ1v) is 4.72. The van der Waals surface area contributed by atoms with Crippen LogP contribution >= 0.6 is 0 Å². The molecule has 2 radical (unpaired) electrons. The van der Waals surface area contributed by atoms with Gasteiger partial charge < -0.3 is 0 Å². The number of pyridine rings is 1. The molecule has 1 aromatic heterocycles. The molecule has 0 aromatic carbocycles. The van der Waals surface area contributed by atoms with Gasteiger partial charge in [0, 0.05) is 11.9 Å². The summed E-state index contributed by atoms with van der Waals surface area (Å²) in [5.41, 5.74) is 2.14. The van der Waals surface area contributed by atoms with Crippen LogP contribution in [0, 0.1) is 6.92 Å². The molecule has 0 saturated heterocycles. The van der Waals surface area contributed by atoms with Crippen molar-refractivity contribution in [2.45, 2.75) is 39.9 Å². The molecule has 0 bridgehead atoms. The minimum Gasteiger partial charge on any atom is -0.262 e. The zero-order valence-corrected chi connectivity index (χ0v) is 9.26. The van der Waals surface area contributed by atoms with E-state index in [0.717, 1.165) is 11.3 Å². The fraction of sp³-hybridized carbons (Fsp3) is 0.545. The van der Waals surface area contributed by atoms with E-state index in [1.165, 1.54) is 0 Å². The van der Waals surface area contributed by atoms with Crippen molar-refractivity contribution in [1.82, 2.24) is 4.98 Å².